The number of hydrogen-bond donors (Lipinski definition) is 0. The van der Waals surface area contributed by atoms with Crippen molar-refractivity contribution >= 4 is 0 Å². The summed E-state index contributed by atoms with van der Waals surface area (Å²) >= 11 is 0. The Hall–Kier alpha value is -3.20. The van der Waals surface area contributed by atoms with Crippen molar-refractivity contribution in [2.75, 3.05) is 0 Å². The van der Waals surface area contributed by atoms with Gasteiger partial charge in [0.25, 0.3) is 0 Å². The van der Waals surface area contributed by atoms with Crippen LogP contribution >= 0.6 is 0 Å². The van der Waals surface area contributed by atoms with Gasteiger partial charge in [0.05, 0.1) is 5.69 Å². The van der Waals surface area contributed by atoms with E-state index in [4.69, 9.17) is 10.2 Å². The molecule has 4 aromatic rings. The summed E-state index contributed by atoms with van der Waals surface area (Å²) < 4.78 is 2.39. The van der Waals surface area contributed by atoms with E-state index in [9.17, 15) is 0 Å². The third-order valence-electron chi connectivity index (χ3n) is 8.02. The van der Waals surface area contributed by atoms with E-state index >= 15 is 0 Å². The molecule has 0 unspecified atom stereocenters. The molecule has 4 rings (SSSR count). The van der Waals surface area contributed by atoms with Crippen LogP contribution in [-0.2, 0) is 10.8 Å². The maximum atomic E-state index is 4.95. The van der Waals surface area contributed by atoms with E-state index in [1.807, 2.05) is 0 Å². The fraction of sp³-hybridized carbons (Fsp3) is 0.459. The number of hydrogen-bond acceptors (Lipinski definition) is 2. The summed E-state index contributed by atoms with van der Waals surface area (Å²) in [4.78, 5) is 0. The second-order valence-corrected chi connectivity index (χ2v) is 13.4. The molecule has 0 radical (unpaired) electrons. The number of unbranched alkanes of at least 4 members (excludes halogenated alkanes) is 2. The summed E-state index contributed by atoms with van der Waals surface area (Å²) in [6, 6.07) is 26.7. The average Bonchev–Trinajstić information content (AvgIpc) is 3.37. The molecule has 0 saturated heterocycles. The molecule has 3 heteroatoms. The molecule has 0 amide bonds. The van der Waals surface area contributed by atoms with Crippen LogP contribution in [0, 0.1) is 0 Å². The van der Waals surface area contributed by atoms with Crippen molar-refractivity contribution < 1.29 is 0 Å². The number of para-hydroxylation sites is 1. The molecule has 1 heterocycles. The van der Waals surface area contributed by atoms with E-state index in [0.717, 1.165) is 30.1 Å². The molecule has 3 nitrogen and oxygen atoms in total. The van der Waals surface area contributed by atoms with Crippen molar-refractivity contribution in [1.82, 2.24) is 14.8 Å². The highest BCUT2D eigenvalue weighted by Gasteiger charge is 2.27. The van der Waals surface area contributed by atoms with Gasteiger partial charge >= 0.3 is 0 Å². The summed E-state index contributed by atoms with van der Waals surface area (Å²) in [5, 5.41) is 9.87. The van der Waals surface area contributed by atoms with Gasteiger partial charge in [-0.2, -0.15) is 0 Å². The maximum Gasteiger partial charge on any atom is 0.168 e. The van der Waals surface area contributed by atoms with Crippen molar-refractivity contribution in [2.24, 2.45) is 0 Å². The second-order valence-electron chi connectivity index (χ2n) is 13.4. The molecule has 0 bridgehead atoms. The van der Waals surface area contributed by atoms with Crippen LogP contribution in [0.3, 0.4) is 0 Å². The Bertz CT molecular complexity index is 1370. The molecule has 0 aliphatic carbocycles. The molecule has 1 aromatic heterocycles. The molecule has 0 atom stereocenters. The van der Waals surface area contributed by atoms with Crippen LogP contribution in [0.25, 0.3) is 28.2 Å². The highest BCUT2D eigenvalue weighted by molar-refractivity contribution is 5.71. The summed E-state index contributed by atoms with van der Waals surface area (Å²) in [7, 11) is 0. The van der Waals surface area contributed by atoms with Crippen LogP contribution in [0.15, 0.2) is 72.8 Å². The highest BCUT2D eigenvalue weighted by atomic mass is 15.3. The standard InChI is InChI=1S/C37H49N3/c1-9-11-16-28(17-12-10-2)34-38-39-35(40(34)33-21-14-13-20-32(33)37(6,7)8)30-19-15-18-29(26-30)27-22-24-31(25-23-27)36(3,4)5/h13-15,18-26,28H,9-12,16-17H2,1-8H3. The Morgan fingerprint density at radius 2 is 1.27 bits per heavy atom. The molecule has 0 spiro atoms. The molecular weight excluding hydrogens is 486 g/mol. The van der Waals surface area contributed by atoms with Gasteiger partial charge in [-0.15, -0.1) is 10.2 Å². The minimum atomic E-state index is -0.00557. The lowest BCUT2D eigenvalue weighted by atomic mass is 9.85. The number of rotatable bonds is 10. The molecule has 3 aromatic carbocycles. The monoisotopic (exact) mass is 535 g/mol. The predicted molar refractivity (Wildman–Crippen MR) is 171 cm³/mol. The van der Waals surface area contributed by atoms with Crippen LogP contribution in [0.2, 0.25) is 0 Å². The molecule has 40 heavy (non-hydrogen) atoms. The Kier molecular flexibility index (Phi) is 9.33. The van der Waals surface area contributed by atoms with Gasteiger partial charge in [0, 0.05) is 11.5 Å². The lowest BCUT2D eigenvalue weighted by molar-refractivity contribution is 0.495. The van der Waals surface area contributed by atoms with Gasteiger partial charge in [0.2, 0.25) is 0 Å². The van der Waals surface area contributed by atoms with Crippen LogP contribution in [-0.4, -0.2) is 14.8 Å². The van der Waals surface area contributed by atoms with Gasteiger partial charge in [-0.05, 0) is 58.1 Å². The summed E-state index contributed by atoms with van der Waals surface area (Å²) in [5.41, 5.74) is 7.52. The zero-order valence-corrected chi connectivity index (χ0v) is 26.1. The normalized spacial score (nSPS) is 12.3. The second kappa shape index (κ2) is 12.5. The van der Waals surface area contributed by atoms with Crippen molar-refractivity contribution in [2.45, 2.75) is 111 Å². The molecular formula is C37H49N3. The first-order valence-electron chi connectivity index (χ1n) is 15.3. The Balaban J connectivity index is 1.88. The molecule has 0 N–H and O–H groups in total. The summed E-state index contributed by atoms with van der Waals surface area (Å²) in [6.07, 6.45) is 7.09. The molecule has 212 valence electrons. The lowest BCUT2D eigenvalue weighted by Gasteiger charge is -2.26. The fourth-order valence-electron chi connectivity index (χ4n) is 5.59. The maximum absolute atomic E-state index is 4.95. The van der Waals surface area contributed by atoms with Gasteiger partial charge in [-0.3, -0.25) is 4.57 Å². The molecule has 0 fully saturated rings. The minimum absolute atomic E-state index is 0.00557. The van der Waals surface area contributed by atoms with E-state index in [2.05, 4.69) is 133 Å². The largest absolute Gasteiger partial charge is 0.278 e. The topological polar surface area (TPSA) is 30.7 Å². The van der Waals surface area contributed by atoms with Gasteiger partial charge in [0.15, 0.2) is 5.82 Å². The van der Waals surface area contributed by atoms with Crippen LogP contribution in [0.4, 0.5) is 0 Å². The van der Waals surface area contributed by atoms with Crippen LogP contribution in [0.1, 0.15) is 117 Å². The number of aromatic nitrogens is 3. The average molecular weight is 536 g/mol. The van der Waals surface area contributed by atoms with Gasteiger partial charge < -0.3 is 0 Å². The Morgan fingerprint density at radius 1 is 0.650 bits per heavy atom. The van der Waals surface area contributed by atoms with E-state index < -0.39 is 0 Å². The Labute approximate surface area is 243 Å². The van der Waals surface area contributed by atoms with E-state index in [0.29, 0.717) is 5.92 Å². The zero-order chi connectivity index (χ0) is 28.9. The Morgan fingerprint density at radius 3 is 1.88 bits per heavy atom. The molecule has 0 saturated carbocycles. The SMILES string of the molecule is CCCCC(CCCC)c1nnc(-c2cccc(-c3ccc(C(C)(C)C)cc3)c2)n1-c1ccccc1C(C)(C)C. The lowest BCUT2D eigenvalue weighted by Crippen LogP contribution is -2.18. The third-order valence-corrected chi connectivity index (χ3v) is 8.02. The van der Waals surface area contributed by atoms with Gasteiger partial charge in [0.1, 0.15) is 5.82 Å². The molecule has 0 aliphatic heterocycles. The van der Waals surface area contributed by atoms with Crippen molar-refractivity contribution in [3.8, 4) is 28.2 Å². The fourth-order valence-corrected chi connectivity index (χ4v) is 5.59. The smallest absolute Gasteiger partial charge is 0.168 e. The van der Waals surface area contributed by atoms with Crippen LogP contribution < -0.4 is 0 Å². The van der Waals surface area contributed by atoms with Gasteiger partial charge in [-0.25, -0.2) is 0 Å². The first-order chi connectivity index (χ1) is 19.0. The summed E-state index contributed by atoms with van der Waals surface area (Å²) in [6.45, 7) is 18.2. The number of nitrogens with zero attached hydrogens (tertiary/aromatic N) is 3. The van der Waals surface area contributed by atoms with Crippen molar-refractivity contribution in [3.05, 3.63) is 89.7 Å². The van der Waals surface area contributed by atoms with Crippen LogP contribution in [0.5, 0.6) is 0 Å². The first kappa shape index (κ1) is 29.8. The quantitative estimate of drug-likeness (QED) is 0.202. The van der Waals surface area contributed by atoms with Crippen molar-refractivity contribution in [3.63, 3.8) is 0 Å². The van der Waals surface area contributed by atoms with E-state index in [1.165, 1.54) is 53.6 Å². The van der Waals surface area contributed by atoms with E-state index in [1.54, 1.807) is 0 Å². The van der Waals surface area contributed by atoms with Gasteiger partial charge in [-0.1, -0.05) is 142 Å². The van der Waals surface area contributed by atoms with E-state index in [-0.39, 0.29) is 10.8 Å². The first-order valence-corrected chi connectivity index (χ1v) is 15.3. The minimum Gasteiger partial charge on any atom is -0.278 e. The van der Waals surface area contributed by atoms with Crippen molar-refractivity contribution in [1.29, 1.82) is 0 Å². The zero-order valence-electron chi connectivity index (χ0n) is 26.1. The molecule has 0 aliphatic rings. The summed E-state index contributed by atoms with van der Waals surface area (Å²) in [5.74, 6) is 2.42. The third kappa shape index (κ3) is 6.74. The highest BCUT2D eigenvalue weighted by Crippen LogP contribution is 2.37. The number of benzene rings is 3. The predicted octanol–water partition coefficient (Wildman–Crippen LogP) is 10.7.